The molecule has 1 aliphatic rings. The first-order valence-corrected chi connectivity index (χ1v) is 9.53. The number of fused-ring (bicyclic) bond motifs is 1. The monoisotopic (exact) mass is 367 g/mol. The van der Waals surface area contributed by atoms with Crippen LogP contribution in [0.1, 0.15) is 30.9 Å². The lowest BCUT2D eigenvalue weighted by molar-refractivity contribution is 0.152. The molecular weight excluding hydrogens is 338 g/mol. The Bertz CT molecular complexity index is 896. The van der Waals surface area contributed by atoms with E-state index in [1.165, 1.54) is 10.8 Å². The average molecular weight is 367 g/mol. The quantitative estimate of drug-likeness (QED) is 0.597. The standard InChI is InChI=1S/C21H29N5O/c1-2-27-13-11-24-21-20-18(4-3-5-19(23)25-21)10-12-26(20)15-17-8-6-16(14-22)7-9-17/h4,6-10,12,24H,2-3,5,11,13-15,22H2,1H3,(H2,23,25)/b18-4-,21-20+. The molecule has 0 saturated heterocycles. The fraction of sp³-hybridized carbons (Fsp3) is 0.381. The molecule has 1 aliphatic heterocycles. The van der Waals surface area contributed by atoms with Crippen LogP contribution in [0.5, 0.6) is 0 Å². The van der Waals surface area contributed by atoms with Crippen LogP contribution in [-0.4, -0.2) is 30.2 Å². The van der Waals surface area contributed by atoms with Gasteiger partial charge in [-0.15, -0.1) is 0 Å². The molecule has 0 atom stereocenters. The molecule has 0 bridgehead atoms. The first kappa shape index (κ1) is 19.2. The van der Waals surface area contributed by atoms with Crippen LogP contribution < -0.4 is 27.4 Å². The summed E-state index contributed by atoms with van der Waals surface area (Å²) >= 11 is 0. The number of nitrogens with zero attached hydrogens (tertiary/aromatic N) is 2. The van der Waals surface area contributed by atoms with Crippen molar-refractivity contribution >= 4 is 17.7 Å². The molecule has 2 aromatic rings. The molecule has 1 aromatic carbocycles. The van der Waals surface area contributed by atoms with Crippen molar-refractivity contribution in [1.29, 1.82) is 0 Å². The van der Waals surface area contributed by atoms with Gasteiger partial charge in [0.1, 0.15) is 5.84 Å². The largest absolute Gasteiger partial charge is 0.387 e. The molecule has 6 heteroatoms. The Morgan fingerprint density at radius 3 is 2.70 bits per heavy atom. The molecule has 6 nitrogen and oxygen atoms in total. The fourth-order valence-electron chi connectivity index (χ4n) is 3.17. The van der Waals surface area contributed by atoms with Gasteiger partial charge in [0.05, 0.1) is 12.0 Å². The Morgan fingerprint density at radius 1 is 1.19 bits per heavy atom. The lowest BCUT2D eigenvalue weighted by atomic mass is 10.1. The minimum absolute atomic E-state index is 0.559. The number of rotatable bonds is 8. The minimum atomic E-state index is 0.559. The van der Waals surface area contributed by atoms with Crippen LogP contribution in [-0.2, 0) is 17.8 Å². The van der Waals surface area contributed by atoms with E-state index in [1.807, 2.05) is 6.92 Å². The summed E-state index contributed by atoms with van der Waals surface area (Å²) < 4.78 is 7.66. The number of aromatic nitrogens is 1. The first-order chi connectivity index (χ1) is 13.2. The number of hydrogen-bond acceptors (Lipinski definition) is 5. The third kappa shape index (κ3) is 4.99. The molecule has 144 valence electrons. The minimum Gasteiger partial charge on any atom is -0.387 e. The molecule has 1 aromatic heterocycles. The Balaban J connectivity index is 1.97. The maximum absolute atomic E-state index is 6.10. The van der Waals surface area contributed by atoms with Crippen LogP contribution in [0, 0.1) is 0 Å². The van der Waals surface area contributed by atoms with E-state index >= 15 is 0 Å². The van der Waals surface area contributed by atoms with Gasteiger partial charge in [0.2, 0.25) is 0 Å². The molecule has 27 heavy (non-hydrogen) atoms. The molecular formula is C21H29N5O. The van der Waals surface area contributed by atoms with E-state index in [2.05, 4.69) is 57.5 Å². The van der Waals surface area contributed by atoms with Crippen molar-refractivity contribution in [2.75, 3.05) is 19.8 Å². The summed E-state index contributed by atoms with van der Waals surface area (Å²) in [7, 11) is 0. The molecule has 0 radical (unpaired) electrons. The number of nitrogens with one attached hydrogen (secondary N) is 1. The average Bonchev–Trinajstić information content (AvgIpc) is 3.05. The van der Waals surface area contributed by atoms with Crippen LogP contribution in [0.25, 0.3) is 11.9 Å². The number of nitrogens with two attached hydrogens (primary N) is 2. The third-order valence-corrected chi connectivity index (χ3v) is 4.59. The molecule has 0 aliphatic carbocycles. The van der Waals surface area contributed by atoms with Crippen molar-refractivity contribution in [3.63, 3.8) is 0 Å². The predicted molar refractivity (Wildman–Crippen MR) is 110 cm³/mol. The van der Waals surface area contributed by atoms with Gasteiger partial charge in [0.25, 0.3) is 0 Å². The zero-order valence-corrected chi connectivity index (χ0v) is 15.9. The van der Waals surface area contributed by atoms with Crippen molar-refractivity contribution in [2.45, 2.75) is 32.9 Å². The number of amidine groups is 1. The molecule has 0 saturated carbocycles. The molecule has 0 spiro atoms. The van der Waals surface area contributed by atoms with E-state index in [-0.39, 0.29) is 0 Å². The number of benzene rings is 1. The Hall–Kier alpha value is -2.57. The van der Waals surface area contributed by atoms with Crippen LogP contribution in [0.4, 0.5) is 0 Å². The predicted octanol–water partition coefficient (Wildman–Crippen LogP) is 0.618. The highest BCUT2D eigenvalue weighted by atomic mass is 16.5. The van der Waals surface area contributed by atoms with Gasteiger partial charge in [0, 0.05) is 38.9 Å². The molecule has 0 fully saturated rings. The topological polar surface area (TPSA) is 90.6 Å². The Kier molecular flexibility index (Phi) is 6.68. The van der Waals surface area contributed by atoms with Gasteiger partial charge in [-0.25, -0.2) is 4.99 Å². The van der Waals surface area contributed by atoms with E-state index in [0.29, 0.717) is 32.1 Å². The fourth-order valence-corrected chi connectivity index (χ4v) is 3.17. The lowest BCUT2D eigenvalue weighted by Crippen LogP contribution is -2.38. The number of aliphatic imine (C=N–C) groups is 1. The summed E-state index contributed by atoms with van der Waals surface area (Å²) in [6.45, 7) is 5.35. The van der Waals surface area contributed by atoms with E-state index in [9.17, 15) is 0 Å². The molecule has 2 heterocycles. The normalized spacial score (nSPS) is 19.2. The first-order valence-electron chi connectivity index (χ1n) is 9.53. The molecule has 0 unspecified atom stereocenters. The van der Waals surface area contributed by atoms with Crippen molar-refractivity contribution in [3.05, 3.63) is 58.2 Å². The molecule has 3 rings (SSSR count). The van der Waals surface area contributed by atoms with Crippen LogP contribution in [0.2, 0.25) is 0 Å². The van der Waals surface area contributed by atoms with E-state index < -0.39 is 0 Å². The van der Waals surface area contributed by atoms with Gasteiger partial charge in [-0.1, -0.05) is 30.3 Å². The summed E-state index contributed by atoms with van der Waals surface area (Å²) in [5.74, 6) is 1.46. The van der Waals surface area contributed by atoms with E-state index in [4.69, 9.17) is 16.2 Å². The van der Waals surface area contributed by atoms with E-state index in [1.54, 1.807) is 0 Å². The van der Waals surface area contributed by atoms with Crippen molar-refractivity contribution < 1.29 is 4.74 Å². The summed E-state index contributed by atoms with van der Waals surface area (Å²) in [5, 5.41) is 5.66. The third-order valence-electron chi connectivity index (χ3n) is 4.59. The van der Waals surface area contributed by atoms with Gasteiger partial charge >= 0.3 is 0 Å². The summed E-state index contributed by atoms with van der Waals surface area (Å²) in [5.41, 5.74) is 14.2. The van der Waals surface area contributed by atoms with Crippen LogP contribution >= 0.6 is 0 Å². The highest BCUT2D eigenvalue weighted by Crippen LogP contribution is 2.06. The maximum atomic E-state index is 6.10. The summed E-state index contributed by atoms with van der Waals surface area (Å²) in [6.07, 6.45) is 6.00. The highest BCUT2D eigenvalue weighted by Gasteiger charge is 2.08. The van der Waals surface area contributed by atoms with Crippen molar-refractivity contribution in [3.8, 4) is 0 Å². The van der Waals surface area contributed by atoms with Gasteiger partial charge in [-0.2, -0.15) is 0 Å². The summed E-state index contributed by atoms with van der Waals surface area (Å²) in [6, 6.07) is 10.6. The van der Waals surface area contributed by atoms with E-state index in [0.717, 1.165) is 36.1 Å². The van der Waals surface area contributed by atoms with Crippen LogP contribution in [0.15, 0.2) is 41.5 Å². The Labute approximate surface area is 160 Å². The van der Waals surface area contributed by atoms with Crippen molar-refractivity contribution in [2.24, 2.45) is 16.5 Å². The van der Waals surface area contributed by atoms with Gasteiger partial charge in [0.15, 0.2) is 5.82 Å². The van der Waals surface area contributed by atoms with Gasteiger partial charge in [-0.3, -0.25) is 0 Å². The lowest BCUT2D eigenvalue weighted by Gasteiger charge is -2.12. The maximum Gasteiger partial charge on any atom is 0.152 e. The zero-order chi connectivity index (χ0) is 19.1. The second kappa shape index (κ2) is 9.39. The number of ether oxygens (including phenoxy) is 1. The summed E-state index contributed by atoms with van der Waals surface area (Å²) in [4.78, 5) is 4.66. The highest BCUT2D eigenvalue weighted by molar-refractivity contribution is 5.84. The van der Waals surface area contributed by atoms with Gasteiger partial charge < -0.3 is 26.1 Å². The Morgan fingerprint density at radius 2 is 1.96 bits per heavy atom. The SMILES string of the molecule is CCOCCNC1=c2/c(ccn2Cc2ccc(CN)cc2)=C\CC/C(N)=N\1. The van der Waals surface area contributed by atoms with Crippen molar-refractivity contribution in [1.82, 2.24) is 9.88 Å². The van der Waals surface area contributed by atoms with Gasteiger partial charge in [-0.05, 0) is 35.8 Å². The molecule has 5 N–H and O–H groups in total. The van der Waals surface area contributed by atoms with Crippen LogP contribution in [0.3, 0.4) is 0 Å². The zero-order valence-electron chi connectivity index (χ0n) is 15.9. The number of hydrogen-bond donors (Lipinski definition) is 3. The smallest absolute Gasteiger partial charge is 0.152 e. The molecule has 0 amide bonds. The second-order valence-corrected chi connectivity index (χ2v) is 6.59. The second-order valence-electron chi connectivity index (χ2n) is 6.59.